The largest absolute Gasteiger partial charge is 0.454 e. The number of nitrogens with zero attached hydrogens (tertiary/aromatic N) is 2. The van der Waals surface area contributed by atoms with E-state index >= 15 is 0 Å². The van der Waals surface area contributed by atoms with Crippen molar-refractivity contribution in [2.45, 2.75) is 13.5 Å². The van der Waals surface area contributed by atoms with E-state index in [0.717, 1.165) is 22.6 Å². The normalized spacial score (nSPS) is 11.9. The predicted molar refractivity (Wildman–Crippen MR) is 101 cm³/mol. The number of hydrogen-bond acceptors (Lipinski definition) is 6. The lowest BCUT2D eigenvalue weighted by Gasteiger charge is -2.08. The topological polar surface area (TPSA) is 85.4 Å². The quantitative estimate of drug-likeness (QED) is 0.724. The SMILES string of the molecule is Cc1ccccc1C(=O)Nc1ccc(NCc2ccc3c(c2)OCO3)nn1. The first-order valence-corrected chi connectivity index (χ1v) is 8.52. The van der Waals surface area contributed by atoms with Crippen LogP contribution in [0.4, 0.5) is 11.6 Å². The fourth-order valence-electron chi connectivity index (χ4n) is 2.75. The third kappa shape index (κ3) is 3.82. The lowest BCUT2D eigenvalue weighted by molar-refractivity contribution is 0.102. The zero-order valence-corrected chi connectivity index (χ0v) is 14.7. The van der Waals surface area contributed by atoms with Gasteiger partial charge in [0.25, 0.3) is 5.91 Å². The minimum Gasteiger partial charge on any atom is -0.454 e. The molecule has 4 rings (SSSR count). The van der Waals surface area contributed by atoms with Crippen LogP contribution < -0.4 is 20.1 Å². The van der Waals surface area contributed by atoms with Gasteiger partial charge >= 0.3 is 0 Å². The van der Waals surface area contributed by atoms with Crippen molar-refractivity contribution in [3.8, 4) is 11.5 Å². The number of carbonyl (C=O) groups excluding carboxylic acids is 1. The van der Waals surface area contributed by atoms with Gasteiger partial charge in [0.15, 0.2) is 17.3 Å². The molecular formula is C20H18N4O3. The Morgan fingerprint density at radius 1 is 1.00 bits per heavy atom. The number of aromatic nitrogens is 2. The van der Waals surface area contributed by atoms with Crippen LogP contribution in [-0.2, 0) is 6.54 Å². The number of hydrogen-bond donors (Lipinski definition) is 2. The van der Waals surface area contributed by atoms with E-state index < -0.39 is 0 Å². The van der Waals surface area contributed by atoms with Gasteiger partial charge in [-0.05, 0) is 48.4 Å². The Morgan fingerprint density at radius 2 is 1.78 bits per heavy atom. The van der Waals surface area contributed by atoms with Crippen LogP contribution in [0.25, 0.3) is 0 Å². The number of fused-ring (bicyclic) bond motifs is 1. The Kier molecular flexibility index (Phi) is 4.57. The van der Waals surface area contributed by atoms with E-state index in [-0.39, 0.29) is 12.7 Å². The molecule has 0 atom stereocenters. The third-order valence-electron chi connectivity index (χ3n) is 4.21. The monoisotopic (exact) mass is 362 g/mol. The second-order valence-electron chi connectivity index (χ2n) is 6.11. The van der Waals surface area contributed by atoms with Crippen molar-refractivity contribution in [3.05, 3.63) is 71.3 Å². The lowest BCUT2D eigenvalue weighted by atomic mass is 10.1. The van der Waals surface area contributed by atoms with Crippen molar-refractivity contribution < 1.29 is 14.3 Å². The molecule has 1 aliphatic heterocycles. The number of aryl methyl sites for hydroxylation is 1. The highest BCUT2D eigenvalue weighted by molar-refractivity contribution is 6.04. The molecule has 0 radical (unpaired) electrons. The van der Waals surface area contributed by atoms with Crippen LogP contribution in [0, 0.1) is 6.92 Å². The van der Waals surface area contributed by atoms with E-state index in [1.165, 1.54) is 0 Å². The number of rotatable bonds is 5. The van der Waals surface area contributed by atoms with Gasteiger partial charge in [0.1, 0.15) is 5.82 Å². The minimum atomic E-state index is -0.205. The Bertz CT molecular complexity index is 973. The summed E-state index contributed by atoms with van der Waals surface area (Å²) in [6, 6.07) is 16.7. The molecule has 7 nitrogen and oxygen atoms in total. The lowest BCUT2D eigenvalue weighted by Crippen LogP contribution is -2.14. The van der Waals surface area contributed by atoms with Gasteiger partial charge in [-0.2, -0.15) is 0 Å². The fourth-order valence-corrected chi connectivity index (χ4v) is 2.75. The predicted octanol–water partition coefficient (Wildman–Crippen LogP) is 3.38. The molecule has 136 valence electrons. The van der Waals surface area contributed by atoms with Gasteiger partial charge in [-0.15, -0.1) is 10.2 Å². The van der Waals surface area contributed by atoms with Gasteiger partial charge in [0.05, 0.1) is 0 Å². The molecule has 1 aromatic heterocycles. The average molecular weight is 362 g/mol. The van der Waals surface area contributed by atoms with Crippen molar-refractivity contribution in [2.24, 2.45) is 0 Å². The molecule has 7 heteroatoms. The Morgan fingerprint density at radius 3 is 2.59 bits per heavy atom. The van der Waals surface area contributed by atoms with Crippen molar-refractivity contribution in [2.75, 3.05) is 17.4 Å². The molecule has 0 unspecified atom stereocenters. The van der Waals surface area contributed by atoms with Crippen LogP contribution in [0.15, 0.2) is 54.6 Å². The molecule has 0 saturated carbocycles. The summed E-state index contributed by atoms with van der Waals surface area (Å²) < 4.78 is 10.7. The third-order valence-corrected chi connectivity index (χ3v) is 4.21. The Labute approximate surface area is 156 Å². The number of anilines is 2. The summed E-state index contributed by atoms with van der Waals surface area (Å²) in [5.74, 6) is 2.31. The summed E-state index contributed by atoms with van der Waals surface area (Å²) in [6.45, 7) is 2.72. The summed E-state index contributed by atoms with van der Waals surface area (Å²) >= 11 is 0. The molecule has 3 aromatic rings. The number of amides is 1. The molecule has 0 spiro atoms. The molecule has 0 fully saturated rings. The van der Waals surface area contributed by atoms with Gasteiger partial charge in [-0.3, -0.25) is 4.79 Å². The highest BCUT2D eigenvalue weighted by atomic mass is 16.7. The molecule has 0 bridgehead atoms. The highest BCUT2D eigenvalue weighted by Crippen LogP contribution is 2.32. The molecule has 2 heterocycles. The summed E-state index contributed by atoms with van der Waals surface area (Å²) in [6.07, 6.45) is 0. The van der Waals surface area contributed by atoms with Crippen LogP contribution in [0.3, 0.4) is 0 Å². The van der Waals surface area contributed by atoms with E-state index in [1.54, 1.807) is 18.2 Å². The number of benzene rings is 2. The van der Waals surface area contributed by atoms with Gasteiger partial charge in [-0.1, -0.05) is 24.3 Å². The van der Waals surface area contributed by atoms with Crippen LogP contribution >= 0.6 is 0 Å². The minimum absolute atomic E-state index is 0.205. The van der Waals surface area contributed by atoms with E-state index in [0.29, 0.717) is 23.7 Å². The van der Waals surface area contributed by atoms with E-state index in [2.05, 4.69) is 20.8 Å². The second-order valence-corrected chi connectivity index (χ2v) is 6.11. The molecule has 0 saturated heterocycles. The summed E-state index contributed by atoms with van der Waals surface area (Å²) in [5.41, 5.74) is 2.56. The standard InChI is InChI=1S/C20H18N4O3/c1-13-4-2-3-5-15(13)20(25)22-19-9-8-18(23-24-19)21-11-14-6-7-16-17(10-14)27-12-26-16/h2-10H,11-12H2,1H3,(H,21,23)(H,22,24,25). The number of nitrogens with one attached hydrogen (secondary N) is 2. The van der Waals surface area contributed by atoms with Crippen molar-refractivity contribution in [1.29, 1.82) is 0 Å². The van der Waals surface area contributed by atoms with E-state index in [4.69, 9.17) is 9.47 Å². The molecule has 1 aliphatic rings. The van der Waals surface area contributed by atoms with Crippen LogP contribution in [-0.4, -0.2) is 22.9 Å². The zero-order chi connectivity index (χ0) is 18.6. The number of carbonyl (C=O) groups is 1. The first-order chi connectivity index (χ1) is 13.2. The maximum atomic E-state index is 12.3. The maximum Gasteiger partial charge on any atom is 0.257 e. The van der Waals surface area contributed by atoms with Gasteiger partial charge in [0.2, 0.25) is 6.79 Å². The second kappa shape index (κ2) is 7.33. The smallest absolute Gasteiger partial charge is 0.257 e. The van der Waals surface area contributed by atoms with Crippen molar-refractivity contribution in [3.63, 3.8) is 0 Å². The van der Waals surface area contributed by atoms with Crippen LogP contribution in [0.5, 0.6) is 11.5 Å². The zero-order valence-electron chi connectivity index (χ0n) is 14.7. The molecule has 1 amide bonds. The maximum absolute atomic E-state index is 12.3. The highest BCUT2D eigenvalue weighted by Gasteiger charge is 2.13. The molecular weight excluding hydrogens is 344 g/mol. The summed E-state index contributed by atoms with van der Waals surface area (Å²) in [7, 11) is 0. The van der Waals surface area contributed by atoms with Crippen LogP contribution in [0.2, 0.25) is 0 Å². The van der Waals surface area contributed by atoms with Crippen molar-refractivity contribution in [1.82, 2.24) is 10.2 Å². The molecule has 2 aromatic carbocycles. The summed E-state index contributed by atoms with van der Waals surface area (Å²) in [4.78, 5) is 12.3. The van der Waals surface area contributed by atoms with E-state index in [1.807, 2.05) is 43.3 Å². The summed E-state index contributed by atoms with van der Waals surface area (Å²) in [5, 5.41) is 14.1. The molecule has 0 aliphatic carbocycles. The first-order valence-electron chi connectivity index (χ1n) is 8.52. The van der Waals surface area contributed by atoms with Gasteiger partial charge in [0, 0.05) is 12.1 Å². The number of ether oxygens (including phenoxy) is 2. The van der Waals surface area contributed by atoms with Gasteiger partial charge in [-0.25, -0.2) is 0 Å². The van der Waals surface area contributed by atoms with Crippen LogP contribution in [0.1, 0.15) is 21.5 Å². The Balaban J connectivity index is 1.36. The van der Waals surface area contributed by atoms with Gasteiger partial charge < -0.3 is 20.1 Å². The Hall–Kier alpha value is -3.61. The fraction of sp³-hybridized carbons (Fsp3) is 0.150. The molecule has 2 N–H and O–H groups in total. The van der Waals surface area contributed by atoms with Crippen molar-refractivity contribution >= 4 is 17.5 Å². The molecule has 27 heavy (non-hydrogen) atoms. The van der Waals surface area contributed by atoms with E-state index in [9.17, 15) is 4.79 Å². The average Bonchev–Trinajstić information content (AvgIpc) is 3.15. The first kappa shape index (κ1) is 16.8.